The summed E-state index contributed by atoms with van der Waals surface area (Å²) < 4.78 is 12.1. The van der Waals surface area contributed by atoms with E-state index in [9.17, 15) is 9.59 Å². The van der Waals surface area contributed by atoms with E-state index in [0.717, 1.165) is 5.56 Å². The number of aryl methyl sites for hydroxylation is 1. The Morgan fingerprint density at radius 1 is 1.12 bits per heavy atom. The summed E-state index contributed by atoms with van der Waals surface area (Å²) in [4.78, 5) is 24.8. The topological polar surface area (TPSA) is 69.6 Å². The van der Waals surface area contributed by atoms with Crippen molar-refractivity contribution >= 4 is 16.7 Å². The Kier molecular flexibility index (Phi) is 3.65. The Hall–Kier alpha value is -3.28. The van der Waals surface area contributed by atoms with Crippen molar-refractivity contribution < 1.29 is 14.3 Å². The molecule has 0 unspecified atom stereocenters. The first-order valence-corrected chi connectivity index (χ1v) is 7.88. The van der Waals surface area contributed by atoms with Gasteiger partial charge in [-0.15, -0.1) is 0 Å². The predicted octanol–water partition coefficient (Wildman–Crippen LogP) is 2.20. The molecular formula is C19H16N2O4. The van der Waals surface area contributed by atoms with E-state index in [4.69, 9.17) is 9.47 Å². The molecule has 1 aliphatic rings. The average Bonchev–Trinajstić information content (AvgIpc) is 3.10. The van der Waals surface area contributed by atoms with Gasteiger partial charge < -0.3 is 19.4 Å². The molecule has 0 spiro atoms. The minimum atomic E-state index is -0.232. The van der Waals surface area contributed by atoms with Crippen LogP contribution in [0.25, 0.3) is 10.8 Å². The normalized spacial score (nSPS) is 12.4. The first-order valence-electron chi connectivity index (χ1n) is 7.88. The predicted molar refractivity (Wildman–Crippen MR) is 92.9 cm³/mol. The van der Waals surface area contributed by atoms with Crippen molar-refractivity contribution in [3.63, 3.8) is 0 Å². The average molecular weight is 336 g/mol. The van der Waals surface area contributed by atoms with Crippen molar-refractivity contribution in [2.45, 2.75) is 6.54 Å². The molecule has 1 N–H and O–H groups in total. The largest absolute Gasteiger partial charge is 0.454 e. The van der Waals surface area contributed by atoms with Crippen LogP contribution in [0.5, 0.6) is 11.5 Å². The highest BCUT2D eigenvalue weighted by atomic mass is 16.7. The molecule has 6 heteroatoms. The lowest BCUT2D eigenvalue weighted by Crippen LogP contribution is -2.26. The van der Waals surface area contributed by atoms with Crippen LogP contribution in [0.15, 0.2) is 53.5 Å². The van der Waals surface area contributed by atoms with Crippen molar-refractivity contribution in [3.05, 3.63) is 70.1 Å². The second kappa shape index (κ2) is 5.98. The molecule has 0 atom stereocenters. The van der Waals surface area contributed by atoms with Gasteiger partial charge >= 0.3 is 0 Å². The number of nitrogens with one attached hydrogen (secondary N) is 1. The number of rotatable bonds is 3. The standard InChI is InChI=1S/C19H16N2O4/c1-21-10-15(13-4-2-3-5-14(13)19(21)23)18(22)20-9-12-6-7-16-17(8-12)25-11-24-16/h2-8,10H,9,11H2,1H3,(H,20,22). The van der Waals surface area contributed by atoms with Crippen molar-refractivity contribution in [2.75, 3.05) is 6.79 Å². The third-order valence-electron chi connectivity index (χ3n) is 4.23. The van der Waals surface area contributed by atoms with Crippen LogP contribution >= 0.6 is 0 Å². The van der Waals surface area contributed by atoms with Crippen LogP contribution in [0.4, 0.5) is 0 Å². The van der Waals surface area contributed by atoms with Gasteiger partial charge in [0.1, 0.15) is 0 Å². The highest BCUT2D eigenvalue weighted by Gasteiger charge is 2.15. The zero-order chi connectivity index (χ0) is 17.4. The van der Waals surface area contributed by atoms with Crippen LogP contribution in [0, 0.1) is 0 Å². The summed E-state index contributed by atoms with van der Waals surface area (Å²) in [7, 11) is 1.64. The Morgan fingerprint density at radius 2 is 1.88 bits per heavy atom. The molecule has 0 saturated carbocycles. The monoisotopic (exact) mass is 336 g/mol. The van der Waals surface area contributed by atoms with Gasteiger partial charge in [0, 0.05) is 30.6 Å². The maximum Gasteiger partial charge on any atom is 0.258 e. The van der Waals surface area contributed by atoms with Gasteiger partial charge in [-0.05, 0) is 23.8 Å². The number of benzene rings is 2. The van der Waals surface area contributed by atoms with Gasteiger partial charge in [0.2, 0.25) is 6.79 Å². The van der Waals surface area contributed by atoms with Crippen LogP contribution in [-0.2, 0) is 13.6 Å². The second-order valence-corrected chi connectivity index (χ2v) is 5.87. The maximum atomic E-state index is 12.6. The molecule has 0 aliphatic carbocycles. The molecule has 2 heterocycles. The van der Waals surface area contributed by atoms with E-state index < -0.39 is 0 Å². The van der Waals surface area contributed by atoms with E-state index in [1.54, 1.807) is 31.4 Å². The molecular weight excluding hydrogens is 320 g/mol. The molecule has 1 aromatic heterocycles. The van der Waals surface area contributed by atoms with E-state index in [1.807, 2.05) is 24.3 Å². The lowest BCUT2D eigenvalue weighted by atomic mass is 10.1. The number of nitrogens with zero attached hydrogens (tertiary/aromatic N) is 1. The molecule has 0 bridgehead atoms. The fourth-order valence-electron chi connectivity index (χ4n) is 2.93. The van der Waals surface area contributed by atoms with E-state index in [-0.39, 0.29) is 18.3 Å². The van der Waals surface area contributed by atoms with Crippen LogP contribution in [0.3, 0.4) is 0 Å². The SMILES string of the molecule is Cn1cc(C(=O)NCc2ccc3c(c2)OCO3)c2ccccc2c1=O. The first kappa shape index (κ1) is 15.3. The summed E-state index contributed by atoms with van der Waals surface area (Å²) in [5.41, 5.74) is 1.26. The minimum absolute atomic E-state index is 0.122. The van der Waals surface area contributed by atoms with Crippen molar-refractivity contribution in [1.29, 1.82) is 0 Å². The fourth-order valence-corrected chi connectivity index (χ4v) is 2.93. The summed E-state index contributed by atoms with van der Waals surface area (Å²) in [5, 5.41) is 4.07. The molecule has 0 radical (unpaired) electrons. The Labute approximate surface area is 143 Å². The van der Waals surface area contributed by atoms with Gasteiger partial charge in [-0.1, -0.05) is 24.3 Å². The number of amides is 1. The van der Waals surface area contributed by atoms with Crippen molar-refractivity contribution in [3.8, 4) is 11.5 Å². The Morgan fingerprint density at radius 3 is 2.72 bits per heavy atom. The molecule has 0 saturated heterocycles. The maximum absolute atomic E-state index is 12.6. The number of ether oxygens (including phenoxy) is 2. The van der Waals surface area contributed by atoms with Gasteiger partial charge in [-0.25, -0.2) is 0 Å². The highest BCUT2D eigenvalue weighted by Crippen LogP contribution is 2.32. The second-order valence-electron chi connectivity index (χ2n) is 5.87. The zero-order valence-corrected chi connectivity index (χ0v) is 13.6. The Balaban J connectivity index is 1.60. The highest BCUT2D eigenvalue weighted by molar-refractivity contribution is 6.06. The number of carbonyl (C=O) groups excluding carboxylic acids is 1. The van der Waals surface area contributed by atoms with Gasteiger partial charge in [0.15, 0.2) is 11.5 Å². The van der Waals surface area contributed by atoms with Gasteiger partial charge in [-0.2, -0.15) is 0 Å². The smallest absolute Gasteiger partial charge is 0.258 e. The summed E-state index contributed by atoms with van der Waals surface area (Å²) in [6.45, 7) is 0.571. The fraction of sp³-hybridized carbons (Fsp3) is 0.158. The van der Waals surface area contributed by atoms with E-state index in [2.05, 4.69) is 5.32 Å². The molecule has 0 fully saturated rings. The van der Waals surface area contributed by atoms with Gasteiger partial charge in [0.05, 0.1) is 5.56 Å². The quantitative estimate of drug-likeness (QED) is 0.796. The van der Waals surface area contributed by atoms with Crippen LogP contribution in [0.2, 0.25) is 0 Å². The number of fused-ring (bicyclic) bond motifs is 2. The number of hydrogen-bond donors (Lipinski definition) is 1. The number of hydrogen-bond acceptors (Lipinski definition) is 4. The van der Waals surface area contributed by atoms with Crippen LogP contribution in [-0.4, -0.2) is 17.3 Å². The van der Waals surface area contributed by atoms with E-state index in [0.29, 0.717) is 34.4 Å². The van der Waals surface area contributed by atoms with E-state index >= 15 is 0 Å². The lowest BCUT2D eigenvalue weighted by Gasteiger charge is -2.10. The van der Waals surface area contributed by atoms with Crippen molar-refractivity contribution in [1.82, 2.24) is 9.88 Å². The van der Waals surface area contributed by atoms with Gasteiger partial charge in [0.25, 0.3) is 11.5 Å². The molecule has 3 aromatic rings. The van der Waals surface area contributed by atoms with Crippen molar-refractivity contribution in [2.24, 2.45) is 7.05 Å². The summed E-state index contributed by atoms with van der Waals surface area (Å²) >= 11 is 0. The summed E-state index contributed by atoms with van der Waals surface area (Å²) in [6, 6.07) is 12.7. The molecule has 25 heavy (non-hydrogen) atoms. The minimum Gasteiger partial charge on any atom is -0.454 e. The van der Waals surface area contributed by atoms with E-state index in [1.165, 1.54) is 4.57 Å². The third-order valence-corrected chi connectivity index (χ3v) is 4.23. The molecule has 1 aliphatic heterocycles. The van der Waals surface area contributed by atoms with Crippen LogP contribution in [0.1, 0.15) is 15.9 Å². The molecule has 126 valence electrons. The number of pyridine rings is 1. The first-order chi connectivity index (χ1) is 12.1. The van der Waals surface area contributed by atoms with Crippen LogP contribution < -0.4 is 20.3 Å². The summed E-state index contributed by atoms with van der Waals surface area (Å²) in [6.07, 6.45) is 1.57. The van der Waals surface area contributed by atoms with Gasteiger partial charge in [-0.3, -0.25) is 9.59 Å². The lowest BCUT2D eigenvalue weighted by molar-refractivity contribution is 0.0951. The number of carbonyl (C=O) groups is 1. The zero-order valence-electron chi connectivity index (χ0n) is 13.6. The molecule has 2 aromatic carbocycles. The molecule has 1 amide bonds. The Bertz CT molecular complexity index is 1040. The third kappa shape index (κ3) is 2.71. The molecule has 6 nitrogen and oxygen atoms in total. The molecule has 4 rings (SSSR count). The summed E-state index contributed by atoms with van der Waals surface area (Å²) in [5.74, 6) is 1.16. The number of aromatic nitrogens is 1.